The van der Waals surface area contributed by atoms with Crippen LogP contribution < -0.4 is 4.74 Å². The van der Waals surface area contributed by atoms with Crippen LogP contribution in [0.15, 0.2) is 54.3 Å². The minimum Gasteiger partial charge on any atom is -0.508 e. The largest absolute Gasteiger partial charge is 0.508 e. The van der Waals surface area contributed by atoms with Crippen LogP contribution in [-0.4, -0.2) is 17.3 Å². The van der Waals surface area contributed by atoms with Gasteiger partial charge >= 0.3 is 0 Å². The second kappa shape index (κ2) is 6.33. The topological polar surface area (TPSA) is 49.7 Å². The van der Waals surface area contributed by atoms with E-state index in [2.05, 4.69) is 19.1 Å². The maximum absolute atomic E-state index is 9.59. The van der Waals surface area contributed by atoms with E-state index >= 15 is 0 Å². The maximum atomic E-state index is 9.59. The van der Waals surface area contributed by atoms with Crippen molar-refractivity contribution in [3.63, 3.8) is 0 Å². The third kappa shape index (κ3) is 3.44. The fraction of sp³-hybridized carbons (Fsp3) is 0.294. The number of hydrogen-bond acceptors (Lipinski definition) is 3. The summed E-state index contributed by atoms with van der Waals surface area (Å²) in [6, 6.07) is 5.40. The number of rotatable bonds is 4. The van der Waals surface area contributed by atoms with Gasteiger partial charge in [-0.05, 0) is 48.1 Å². The molecule has 0 aromatic heterocycles. The summed E-state index contributed by atoms with van der Waals surface area (Å²) in [6.45, 7) is 2.10. The van der Waals surface area contributed by atoms with Crippen molar-refractivity contribution in [1.29, 1.82) is 0 Å². The second-order valence-corrected chi connectivity index (χ2v) is 4.99. The predicted molar refractivity (Wildman–Crippen MR) is 80.2 cm³/mol. The lowest BCUT2D eigenvalue weighted by atomic mass is 9.95. The Hall–Kier alpha value is -2.16. The molecular weight excluding hydrogens is 252 g/mol. The van der Waals surface area contributed by atoms with E-state index in [9.17, 15) is 10.2 Å². The van der Waals surface area contributed by atoms with E-state index < -0.39 is 0 Å². The molecular formula is C17H20O3. The van der Waals surface area contributed by atoms with Gasteiger partial charge in [0, 0.05) is 0 Å². The van der Waals surface area contributed by atoms with E-state index in [1.807, 2.05) is 24.3 Å². The van der Waals surface area contributed by atoms with Gasteiger partial charge in [-0.2, -0.15) is 0 Å². The molecule has 0 fully saturated rings. The molecule has 106 valence electrons. The SMILES string of the molecule is COc1cc(C(C)/C=C/C2C=CC(O)=CC2)ccc1O. The molecule has 0 saturated heterocycles. The van der Waals surface area contributed by atoms with E-state index in [1.165, 1.54) is 0 Å². The first-order valence-electron chi connectivity index (χ1n) is 6.72. The van der Waals surface area contributed by atoms with Gasteiger partial charge in [0.2, 0.25) is 0 Å². The molecule has 3 heteroatoms. The first-order valence-corrected chi connectivity index (χ1v) is 6.72. The van der Waals surface area contributed by atoms with Crippen LogP contribution in [0.3, 0.4) is 0 Å². The molecule has 2 rings (SSSR count). The van der Waals surface area contributed by atoms with E-state index in [-0.39, 0.29) is 11.7 Å². The second-order valence-electron chi connectivity index (χ2n) is 4.99. The zero-order chi connectivity index (χ0) is 14.5. The third-order valence-electron chi connectivity index (χ3n) is 3.49. The van der Waals surface area contributed by atoms with Crippen molar-refractivity contribution < 1.29 is 14.9 Å². The number of phenolic OH excluding ortho intramolecular Hbond substituents is 1. The van der Waals surface area contributed by atoms with Crippen LogP contribution in [0.5, 0.6) is 11.5 Å². The Kier molecular flexibility index (Phi) is 4.51. The van der Waals surface area contributed by atoms with Crippen LogP contribution >= 0.6 is 0 Å². The molecule has 1 aromatic carbocycles. The third-order valence-corrected chi connectivity index (χ3v) is 3.49. The summed E-state index contributed by atoms with van der Waals surface area (Å²) in [5.74, 6) is 1.55. The van der Waals surface area contributed by atoms with Crippen molar-refractivity contribution in [3.8, 4) is 11.5 Å². The van der Waals surface area contributed by atoms with Crippen molar-refractivity contribution in [2.24, 2.45) is 5.92 Å². The van der Waals surface area contributed by atoms with Gasteiger partial charge in [-0.3, -0.25) is 0 Å². The number of methoxy groups -OCH3 is 1. The molecule has 0 amide bonds. The summed E-state index contributed by atoms with van der Waals surface area (Å²) >= 11 is 0. The number of aliphatic hydroxyl groups excluding tert-OH is 1. The summed E-state index contributed by atoms with van der Waals surface area (Å²) in [5.41, 5.74) is 1.09. The quantitative estimate of drug-likeness (QED) is 0.812. The first-order chi connectivity index (χ1) is 9.60. The predicted octanol–water partition coefficient (Wildman–Crippen LogP) is 4.08. The maximum Gasteiger partial charge on any atom is 0.160 e. The van der Waals surface area contributed by atoms with Gasteiger partial charge < -0.3 is 14.9 Å². The Morgan fingerprint density at radius 3 is 2.80 bits per heavy atom. The normalized spacial score (nSPS) is 19.9. The van der Waals surface area contributed by atoms with Crippen molar-refractivity contribution in [2.75, 3.05) is 7.11 Å². The fourth-order valence-corrected chi connectivity index (χ4v) is 2.17. The Morgan fingerprint density at radius 2 is 2.15 bits per heavy atom. The molecule has 1 aromatic rings. The van der Waals surface area contributed by atoms with Gasteiger partial charge in [-0.15, -0.1) is 0 Å². The molecule has 0 bridgehead atoms. The molecule has 0 saturated carbocycles. The monoisotopic (exact) mass is 272 g/mol. The Balaban J connectivity index is 2.05. The minimum absolute atomic E-state index is 0.156. The summed E-state index contributed by atoms with van der Waals surface area (Å²) in [7, 11) is 1.55. The number of ether oxygens (including phenoxy) is 1. The standard InChI is InChI=1S/C17H20O3/c1-12(3-4-13-5-8-15(18)9-6-13)14-7-10-16(19)17(11-14)20-2/h3-5,7-13,18-19H,6H2,1-2H3/b4-3+. The van der Waals surface area contributed by atoms with Crippen LogP contribution in [0, 0.1) is 5.92 Å². The number of aromatic hydroxyl groups is 1. The van der Waals surface area contributed by atoms with Gasteiger partial charge in [-0.25, -0.2) is 0 Å². The summed E-state index contributed by atoms with van der Waals surface area (Å²) in [6.07, 6.45) is 10.6. The molecule has 0 spiro atoms. The summed E-state index contributed by atoms with van der Waals surface area (Å²) in [5, 5.41) is 18.9. The Morgan fingerprint density at radius 1 is 1.35 bits per heavy atom. The zero-order valence-electron chi connectivity index (χ0n) is 11.8. The van der Waals surface area contributed by atoms with E-state index in [1.54, 1.807) is 19.3 Å². The number of phenols is 1. The van der Waals surface area contributed by atoms with Gasteiger partial charge in [0.1, 0.15) is 5.76 Å². The number of benzene rings is 1. The molecule has 20 heavy (non-hydrogen) atoms. The fourth-order valence-electron chi connectivity index (χ4n) is 2.17. The number of allylic oxidation sites excluding steroid dienone is 5. The summed E-state index contributed by atoms with van der Waals surface area (Å²) in [4.78, 5) is 0. The lowest BCUT2D eigenvalue weighted by Crippen LogP contribution is -1.97. The van der Waals surface area contributed by atoms with Crippen molar-refractivity contribution in [3.05, 3.63) is 59.9 Å². The molecule has 3 nitrogen and oxygen atoms in total. The van der Waals surface area contributed by atoms with Crippen LogP contribution in [0.2, 0.25) is 0 Å². The van der Waals surface area contributed by atoms with E-state index in [0.29, 0.717) is 17.4 Å². The first kappa shape index (κ1) is 14.3. The van der Waals surface area contributed by atoms with Crippen LogP contribution in [0.1, 0.15) is 24.8 Å². The molecule has 0 radical (unpaired) electrons. The molecule has 2 atom stereocenters. The smallest absolute Gasteiger partial charge is 0.160 e. The molecule has 0 aliphatic heterocycles. The van der Waals surface area contributed by atoms with Crippen molar-refractivity contribution in [2.45, 2.75) is 19.3 Å². The molecule has 1 aliphatic carbocycles. The molecule has 1 aliphatic rings. The van der Waals surface area contributed by atoms with Gasteiger partial charge in [0.25, 0.3) is 0 Å². The lowest BCUT2D eigenvalue weighted by molar-refractivity contribution is 0.373. The van der Waals surface area contributed by atoms with Crippen molar-refractivity contribution >= 4 is 0 Å². The number of aliphatic hydroxyl groups is 1. The van der Waals surface area contributed by atoms with Gasteiger partial charge in [-0.1, -0.05) is 31.2 Å². The van der Waals surface area contributed by atoms with Crippen LogP contribution in [0.25, 0.3) is 0 Å². The number of hydrogen-bond donors (Lipinski definition) is 2. The van der Waals surface area contributed by atoms with Gasteiger partial charge in [0.15, 0.2) is 11.5 Å². The summed E-state index contributed by atoms with van der Waals surface area (Å²) < 4.78 is 5.12. The highest BCUT2D eigenvalue weighted by Crippen LogP contribution is 2.30. The van der Waals surface area contributed by atoms with E-state index in [4.69, 9.17) is 4.74 Å². The highest BCUT2D eigenvalue weighted by atomic mass is 16.5. The average Bonchev–Trinajstić information content (AvgIpc) is 2.47. The Bertz CT molecular complexity index is 555. The zero-order valence-corrected chi connectivity index (χ0v) is 11.8. The highest BCUT2D eigenvalue weighted by Gasteiger charge is 2.09. The highest BCUT2D eigenvalue weighted by molar-refractivity contribution is 5.43. The average molecular weight is 272 g/mol. The van der Waals surface area contributed by atoms with E-state index in [0.717, 1.165) is 12.0 Å². The minimum atomic E-state index is 0.156. The van der Waals surface area contributed by atoms with Crippen LogP contribution in [0.4, 0.5) is 0 Å². The lowest BCUT2D eigenvalue weighted by Gasteiger charge is -2.13. The Labute approximate surface area is 119 Å². The van der Waals surface area contributed by atoms with Crippen LogP contribution in [-0.2, 0) is 0 Å². The molecule has 2 N–H and O–H groups in total. The van der Waals surface area contributed by atoms with Crippen molar-refractivity contribution in [1.82, 2.24) is 0 Å². The van der Waals surface area contributed by atoms with Gasteiger partial charge in [0.05, 0.1) is 7.11 Å². The molecule has 2 unspecified atom stereocenters. The molecule has 0 heterocycles.